The third-order valence-electron chi connectivity index (χ3n) is 2.85. The smallest absolute Gasteiger partial charge is 0.117 e. The van der Waals surface area contributed by atoms with Crippen molar-refractivity contribution in [3.8, 4) is 11.4 Å². The van der Waals surface area contributed by atoms with Crippen LogP contribution in [0.1, 0.15) is 12.1 Å². The molecular weight excluding hydrogens is 202 g/mol. The zero-order valence-corrected chi connectivity index (χ0v) is 8.85. The van der Waals surface area contributed by atoms with E-state index in [0.717, 1.165) is 30.8 Å². The molecule has 0 spiro atoms. The number of phenolic OH excluding ortho intramolecular Hbond substituents is 1. The molecule has 0 saturated heterocycles. The van der Waals surface area contributed by atoms with Crippen LogP contribution >= 0.6 is 0 Å². The largest absolute Gasteiger partial charge is 0.508 e. The number of aromatic nitrogens is 2. The predicted octanol–water partition coefficient (Wildman–Crippen LogP) is 1.94. The highest BCUT2D eigenvalue weighted by molar-refractivity contribution is 5.52. The fraction of sp³-hybridized carbons (Fsp3) is 0.250. The van der Waals surface area contributed by atoms with E-state index in [1.54, 1.807) is 12.1 Å². The van der Waals surface area contributed by atoms with E-state index in [4.69, 9.17) is 0 Å². The van der Waals surface area contributed by atoms with E-state index in [1.807, 2.05) is 23.0 Å². The molecule has 4 heteroatoms. The van der Waals surface area contributed by atoms with Gasteiger partial charge in [0.2, 0.25) is 0 Å². The molecule has 16 heavy (non-hydrogen) atoms. The van der Waals surface area contributed by atoms with Crippen LogP contribution in [0, 0.1) is 0 Å². The van der Waals surface area contributed by atoms with Crippen LogP contribution in [0.4, 0.5) is 5.69 Å². The number of hydrogen-bond donors (Lipinski definition) is 2. The van der Waals surface area contributed by atoms with Gasteiger partial charge in [0.15, 0.2) is 0 Å². The van der Waals surface area contributed by atoms with Gasteiger partial charge in [0, 0.05) is 12.6 Å². The zero-order chi connectivity index (χ0) is 11.0. The highest BCUT2D eigenvalue weighted by atomic mass is 16.3. The molecular formula is C12H13N3O. The van der Waals surface area contributed by atoms with E-state index >= 15 is 0 Å². The van der Waals surface area contributed by atoms with Crippen LogP contribution in [-0.2, 0) is 6.42 Å². The first-order valence-corrected chi connectivity index (χ1v) is 5.45. The van der Waals surface area contributed by atoms with Gasteiger partial charge in [-0.25, -0.2) is 4.68 Å². The van der Waals surface area contributed by atoms with Crippen LogP contribution in [0.15, 0.2) is 30.5 Å². The summed E-state index contributed by atoms with van der Waals surface area (Å²) in [4.78, 5) is 0. The lowest BCUT2D eigenvalue weighted by Gasteiger charge is -2.15. The molecule has 1 aliphatic heterocycles. The van der Waals surface area contributed by atoms with Crippen molar-refractivity contribution in [1.29, 1.82) is 0 Å². The van der Waals surface area contributed by atoms with E-state index in [2.05, 4.69) is 10.4 Å². The van der Waals surface area contributed by atoms with Crippen molar-refractivity contribution < 1.29 is 5.11 Å². The van der Waals surface area contributed by atoms with Gasteiger partial charge in [0.05, 0.1) is 23.3 Å². The van der Waals surface area contributed by atoms with Crippen LogP contribution in [0.5, 0.6) is 5.75 Å². The Hall–Kier alpha value is -1.97. The summed E-state index contributed by atoms with van der Waals surface area (Å²) in [7, 11) is 0. The molecule has 1 aromatic heterocycles. The fourth-order valence-electron chi connectivity index (χ4n) is 2.09. The lowest BCUT2D eigenvalue weighted by Crippen LogP contribution is -2.13. The topological polar surface area (TPSA) is 50.1 Å². The minimum absolute atomic E-state index is 0.269. The molecule has 3 rings (SSSR count). The number of anilines is 1. The second-order valence-electron chi connectivity index (χ2n) is 3.97. The Kier molecular flexibility index (Phi) is 2.06. The monoisotopic (exact) mass is 215 g/mol. The standard InChI is InChI=1S/C12H13N3O/c16-10-4-1-3-9(7-10)15-12-5-2-6-13-11(12)8-14-15/h1,3-4,7-8,13,16H,2,5-6H2. The van der Waals surface area contributed by atoms with Gasteiger partial charge in [0.25, 0.3) is 0 Å². The van der Waals surface area contributed by atoms with E-state index in [-0.39, 0.29) is 5.75 Å². The second-order valence-corrected chi connectivity index (χ2v) is 3.97. The third kappa shape index (κ3) is 1.43. The van der Waals surface area contributed by atoms with Gasteiger partial charge in [-0.2, -0.15) is 5.10 Å². The first kappa shape index (κ1) is 9.27. The maximum atomic E-state index is 9.46. The Morgan fingerprint density at radius 3 is 3.19 bits per heavy atom. The zero-order valence-electron chi connectivity index (χ0n) is 8.85. The average Bonchev–Trinajstić information content (AvgIpc) is 2.72. The van der Waals surface area contributed by atoms with E-state index in [1.165, 1.54) is 5.69 Å². The fourth-order valence-corrected chi connectivity index (χ4v) is 2.09. The van der Waals surface area contributed by atoms with Crippen molar-refractivity contribution >= 4 is 5.69 Å². The molecule has 1 aliphatic rings. The van der Waals surface area contributed by atoms with Crippen molar-refractivity contribution in [3.63, 3.8) is 0 Å². The third-order valence-corrected chi connectivity index (χ3v) is 2.85. The molecule has 2 aromatic rings. The van der Waals surface area contributed by atoms with E-state index < -0.39 is 0 Å². The van der Waals surface area contributed by atoms with Gasteiger partial charge in [-0.05, 0) is 25.0 Å². The Balaban J connectivity index is 2.09. The minimum atomic E-state index is 0.269. The van der Waals surface area contributed by atoms with Crippen molar-refractivity contribution in [3.05, 3.63) is 36.2 Å². The molecule has 0 saturated carbocycles. The van der Waals surface area contributed by atoms with Crippen LogP contribution in [0.3, 0.4) is 0 Å². The van der Waals surface area contributed by atoms with Crippen molar-refractivity contribution in [2.75, 3.05) is 11.9 Å². The summed E-state index contributed by atoms with van der Waals surface area (Å²) in [6.07, 6.45) is 3.99. The molecule has 4 nitrogen and oxygen atoms in total. The van der Waals surface area contributed by atoms with Gasteiger partial charge in [-0.15, -0.1) is 0 Å². The number of nitrogens with zero attached hydrogens (tertiary/aromatic N) is 2. The summed E-state index contributed by atoms with van der Waals surface area (Å²) in [5.41, 5.74) is 3.20. The lowest BCUT2D eigenvalue weighted by atomic mass is 10.1. The minimum Gasteiger partial charge on any atom is -0.508 e. The molecule has 0 unspecified atom stereocenters. The van der Waals surface area contributed by atoms with Gasteiger partial charge in [-0.1, -0.05) is 6.07 Å². The Bertz CT molecular complexity index is 519. The molecule has 0 radical (unpaired) electrons. The molecule has 82 valence electrons. The molecule has 0 fully saturated rings. The molecule has 0 amide bonds. The maximum Gasteiger partial charge on any atom is 0.117 e. The van der Waals surface area contributed by atoms with Crippen LogP contribution in [-0.4, -0.2) is 21.4 Å². The number of aromatic hydroxyl groups is 1. The van der Waals surface area contributed by atoms with Crippen molar-refractivity contribution in [2.24, 2.45) is 0 Å². The van der Waals surface area contributed by atoms with Gasteiger partial charge in [-0.3, -0.25) is 0 Å². The molecule has 1 aromatic carbocycles. The number of benzene rings is 1. The quantitative estimate of drug-likeness (QED) is 0.764. The summed E-state index contributed by atoms with van der Waals surface area (Å²) in [5.74, 6) is 0.269. The van der Waals surface area contributed by atoms with Crippen molar-refractivity contribution in [2.45, 2.75) is 12.8 Å². The van der Waals surface area contributed by atoms with Gasteiger partial charge < -0.3 is 10.4 Å². The maximum absolute atomic E-state index is 9.46. The van der Waals surface area contributed by atoms with Gasteiger partial charge in [0.1, 0.15) is 5.75 Å². The summed E-state index contributed by atoms with van der Waals surface area (Å²) in [6, 6.07) is 7.16. The summed E-state index contributed by atoms with van der Waals surface area (Å²) in [5, 5.41) is 17.1. The molecule has 0 aliphatic carbocycles. The second kappa shape index (κ2) is 3.56. The van der Waals surface area contributed by atoms with Crippen LogP contribution in [0.25, 0.3) is 5.69 Å². The lowest BCUT2D eigenvalue weighted by molar-refractivity contribution is 0.474. The summed E-state index contributed by atoms with van der Waals surface area (Å²) < 4.78 is 1.89. The van der Waals surface area contributed by atoms with E-state index in [9.17, 15) is 5.11 Å². The number of rotatable bonds is 1. The van der Waals surface area contributed by atoms with Crippen molar-refractivity contribution in [1.82, 2.24) is 9.78 Å². The highest BCUT2D eigenvalue weighted by Crippen LogP contribution is 2.25. The Morgan fingerprint density at radius 1 is 1.38 bits per heavy atom. The summed E-state index contributed by atoms with van der Waals surface area (Å²) >= 11 is 0. The summed E-state index contributed by atoms with van der Waals surface area (Å²) in [6.45, 7) is 1.01. The first-order chi connectivity index (χ1) is 7.84. The Labute approximate surface area is 93.5 Å². The number of fused-ring (bicyclic) bond motifs is 1. The van der Waals surface area contributed by atoms with Crippen LogP contribution in [0.2, 0.25) is 0 Å². The normalized spacial score (nSPS) is 14.2. The highest BCUT2D eigenvalue weighted by Gasteiger charge is 2.15. The molecule has 2 N–H and O–H groups in total. The number of nitrogens with one attached hydrogen (secondary N) is 1. The number of hydrogen-bond acceptors (Lipinski definition) is 3. The number of phenols is 1. The molecule has 2 heterocycles. The SMILES string of the molecule is Oc1cccc(-n2ncc3c2CCCN3)c1. The Morgan fingerprint density at radius 2 is 2.31 bits per heavy atom. The first-order valence-electron chi connectivity index (χ1n) is 5.45. The van der Waals surface area contributed by atoms with E-state index in [0.29, 0.717) is 0 Å². The molecule has 0 atom stereocenters. The predicted molar refractivity (Wildman–Crippen MR) is 62.0 cm³/mol. The average molecular weight is 215 g/mol. The molecule has 0 bridgehead atoms. The van der Waals surface area contributed by atoms with Crippen LogP contribution < -0.4 is 5.32 Å². The van der Waals surface area contributed by atoms with Gasteiger partial charge >= 0.3 is 0 Å².